The summed E-state index contributed by atoms with van der Waals surface area (Å²) in [5.41, 5.74) is 0.699. The first-order chi connectivity index (χ1) is 9.59. The van der Waals surface area contributed by atoms with Gasteiger partial charge in [-0.25, -0.2) is 8.42 Å². The molecule has 1 saturated heterocycles. The molecule has 0 spiro atoms. The molecule has 0 saturated carbocycles. The molecule has 0 atom stereocenters. The van der Waals surface area contributed by atoms with E-state index < -0.39 is 10.0 Å². The first kappa shape index (κ1) is 15.4. The molecule has 1 aliphatic rings. The number of rotatable bonds is 6. The smallest absolute Gasteiger partial charge is 0.260 e. The van der Waals surface area contributed by atoms with Crippen molar-refractivity contribution in [3.8, 4) is 0 Å². The second-order valence-electron chi connectivity index (χ2n) is 4.84. The summed E-state index contributed by atoms with van der Waals surface area (Å²) >= 11 is 0. The summed E-state index contributed by atoms with van der Waals surface area (Å²) in [6.45, 7) is 8.98. The number of aromatic amines is 1. The number of sulfonamides is 1. The van der Waals surface area contributed by atoms with E-state index in [0.29, 0.717) is 25.2 Å². The van der Waals surface area contributed by atoms with Crippen molar-refractivity contribution in [1.29, 1.82) is 0 Å². The van der Waals surface area contributed by atoms with Gasteiger partial charge in [-0.3, -0.25) is 5.10 Å². The Kier molecular flexibility index (Phi) is 5.14. The highest BCUT2D eigenvalue weighted by Crippen LogP contribution is 2.19. The molecule has 1 fully saturated rings. The highest BCUT2D eigenvalue weighted by Gasteiger charge is 2.31. The van der Waals surface area contributed by atoms with Gasteiger partial charge in [-0.05, 0) is 13.1 Å². The van der Waals surface area contributed by atoms with Crippen LogP contribution in [0.15, 0.2) is 11.2 Å². The van der Waals surface area contributed by atoms with Gasteiger partial charge < -0.3 is 10.2 Å². The van der Waals surface area contributed by atoms with Gasteiger partial charge in [0.1, 0.15) is 0 Å². The minimum Gasteiger partial charge on any atom is -0.313 e. The molecule has 2 heterocycles. The van der Waals surface area contributed by atoms with E-state index in [1.165, 1.54) is 0 Å². The number of nitrogens with zero attached hydrogens (tertiary/aromatic N) is 3. The quantitative estimate of drug-likeness (QED) is 0.763. The highest BCUT2D eigenvalue weighted by molar-refractivity contribution is 7.89. The number of hydrogen-bond donors (Lipinski definition) is 2. The topological polar surface area (TPSA) is 81.3 Å². The Morgan fingerprint density at radius 1 is 1.30 bits per heavy atom. The first-order valence-corrected chi connectivity index (χ1v) is 8.49. The average molecular weight is 301 g/mol. The van der Waals surface area contributed by atoms with Crippen molar-refractivity contribution in [1.82, 2.24) is 24.7 Å². The molecular weight excluding hydrogens is 278 g/mol. The van der Waals surface area contributed by atoms with Gasteiger partial charge in [0.2, 0.25) is 0 Å². The molecule has 0 aromatic carbocycles. The van der Waals surface area contributed by atoms with Gasteiger partial charge in [0, 0.05) is 38.3 Å². The third-order valence-corrected chi connectivity index (χ3v) is 5.53. The van der Waals surface area contributed by atoms with E-state index in [4.69, 9.17) is 0 Å². The fourth-order valence-electron chi connectivity index (χ4n) is 2.32. The predicted molar refractivity (Wildman–Crippen MR) is 76.8 cm³/mol. The molecule has 1 aromatic rings. The van der Waals surface area contributed by atoms with Gasteiger partial charge in [-0.1, -0.05) is 13.8 Å². The maximum absolute atomic E-state index is 12.6. The van der Waals surface area contributed by atoms with E-state index in [1.54, 1.807) is 10.5 Å². The average Bonchev–Trinajstić information content (AvgIpc) is 2.94. The summed E-state index contributed by atoms with van der Waals surface area (Å²) in [5.74, 6) is 0. The summed E-state index contributed by atoms with van der Waals surface area (Å²) < 4.78 is 26.8. The molecule has 0 amide bonds. The molecule has 0 radical (unpaired) electrons. The van der Waals surface area contributed by atoms with Crippen LogP contribution in [0.4, 0.5) is 0 Å². The number of likely N-dealkylation sites (N-methyl/N-ethyl adjacent to an activating group) is 1. The van der Waals surface area contributed by atoms with Gasteiger partial charge in [0.15, 0.2) is 5.03 Å². The first-order valence-electron chi connectivity index (χ1n) is 7.05. The van der Waals surface area contributed by atoms with Crippen LogP contribution in [0, 0.1) is 0 Å². The highest BCUT2D eigenvalue weighted by atomic mass is 32.2. The standard InChI is InChI=1S/C12H23N5O2S/c1-3-13-9-11-10-14-15-12(11)20(18,19)17-7-5-16(4-2)6-8-17/h10,13H,3-9H2,1-2H3,(H,14,15). The number of hydrogen-bond acceptors (Lipinski definition) is 5. The summed E-state index contributed by atoms with van der Waals surface area (Å²) in [7, 11) is -3.46. The number of aromatic nitrogens is 2. The maximum Gasteiger partial charge on any atom is 0.260 e. The van der Waals surface area contributed by atoms with Crippen LogP contribution in [0.3, 0.4) is 0 Å². The zero-order valence-electron chi connectivity index (χ0n) is 12.1. The Morgan fingerprint density at radius 3 is 2.60 bits per heavy atom. The van der Waals surface area contributed by atoms with Crippen molar-refractivity contribution in [2.24, 2.45) is 0 Å². The van der Waals surface area contributed by atoms with Crippen molar-refractivity contribution in [2.45, 2.75) is 25.4 Å². The normalized spacial score (nSPS) is 18.5. The van der Waals surface area contributed by atoms with E-state index in [0.717, 1.165) is 26.2 Å². The summed E-state index contributed by atoms with van der Waals surface area (Å²) in [6, 6.07) is 0. The number of piperazine rings is 1. The number of nitrogens with one attached hydrogen (secondary N) is 2. The monoisotopic (exact) mass is 301 g/mol. The second-order valence-corrected chi connectivity index (χ2v) is 6.72. The molecule has 1 aliphatic heterocycles. The largest absolute Gasteiger partial charge is 0.313 e. The van der Waals surface area contributed by atoms with Crippen LogP contribution >= 0.6 is 0 Å². The van der Waals surface area contributed by atoms with Crippen LogP contribution in [0.5, 0.6) is 0 Å². The van der Waals surface area contributed by atoms with E-state index in [2.05, 4.69) is 27.3 Å². The lowest BCUT2D eigenvalue weighted by Gasteiger charge is -2.33. The predicted octanol–water partition coefficient (Wildman–Crippen LogP) is -0.155. The molecule has 2 rings (SSSR count). The summed E-state index contributed by atoms with van der Waals surface area (Å²) in [6.07, 6.45) is 1.58. The van der Waals surface area contributed by atoms with Gasteiger partial charge in [0.05, 0.1) is 6.20 Å². The third kappa shape index (κ3) is 3.20. The second kappa shape index (κ2) is 6.66. The van der Waals surface area contributed by atoms with E-state index in [-0.39, 0.29) is 5.03 Å². The van der Waals surface area contributed by atoms with Crippen molar-refractivity contribution < 1.29 is 8.42 Å². The van der Waals surface area contributed by atoms with Crippen LogP contribution < -0.4 is 5.32 Å². The Balaban J connectivity index is 2.12. The molecular formula is C12H23N5O2S. The van der Waals surface area contributed by atoms with Crippen LogP contribution in [0.25, 0.3) is 0 Å². The Labute approximate surface area is 120 Å². The van der Waals surface area contributed by atoms with E-state index in [1.807, 2.05) is 6.92 Å². The van der Waals surface area contributed by atoms with Gasteiger partial charge in [0.25, 0.3) is 10.0 Å². The Hall–Kier alpha value is -0.960. The summed E-state index contributed by atoms with van der Waals surface area (Å²) in [4.78, 5) is 2.25. The van der Waals surface area contributed by atoms with Gasteiger partial charge >= 0.3 is 0 Å². The zero-order chi connectivity index (χ0) is 14.6. The maximum atomic E-state index is 12.6. The van der Waals surface area contributed by atoms with Crippen LogP contribution in [0.2, 0.25) is 0 Å². The van der Waals surface area contributed by atoms with Crippen molar-refractivity contribution in [3.05, 3.63) is 11.8 Å². The minimum absolute atomic E-state index is 0.225. The molecule has 20 heavy (non-hydrogen) atoms. The van der Waals surface area contributed by atoms with Gasteiger partial charge in [-0.2, -0.15) is 9.40 Å². The van der Waals surface area contributed by atoms with Crippen molar-refractivity contribution in [2.75, 3.05) is 39.3 Å². The summed E-state index contributed by atoms with van der Waals surface area (Å²) in [5, 5.41) is 9.89. The van der Waals surface area contributed by atoms with Crippen LogP contribution in [-0.2, 0) is 16.6 Å². The van der Waals surface area contributed by atoms with Gasteiger partial charge in [-0.15, -0.1) is 0 Å². The molecule has 2 N–H and O–H groups in total. The molecule has 0 bridgehead atoms. The molecule has 0 aliphatic carbocycles. The molecule has 8 heteroatoms. The fourth-order valence-corrected chi connectivity index (χ4v) is 3.85. The Bertz CT molecular complexity index is 520. The van der Waals surface area contributed by atoms with Crippen molar-refractivity contribution in [3.63, 3.8) is 0 Å². The lowest BCUT2D eigenvalue weighted by molar-refractivity contribution is 0.196. The SMILES string of the molecule is CCNCc1cn[nH]c1S(=O)(=O)N1CCN(CC)CC1. The van der Waals surface area contributed by atoms with Crippen LogP contribution in [-0.4, -0.2) is 67.1 Å². The molecule has 7 nitrogen and oxygen atoms in total. The lowest BCUT2D eigenvalue weighted by atomic mass is 10.3. The number of H-pyrrole nitrogens is 1. The van der Waals surface area contributed by atoms with E-state index >= 15 is 0 Å². The third-order valence-electron chi connectivity index (χ3n) is 3.62. The minimum atomic E-state index is -3.46. The zero-order valence-corrected chi connectivity index (χ0v) is 12.9. The van der Waals surface area contributed by atoms with Crippen LogP contribution in [0.1, 0.15) is 19.4 Å². The van der Waals surface area contributed by atoms with Crippen molar-refractivity contribution >= 4 is 10.0 Å². The molecule has 0 unspecified atom stereocenters. The lowest BCUT2D eigenvalue weighted by Crippen LogP contribution is -2.48. The molecule has 114 valence electrons. The Morgan fingerprint density at radius 2 is 2.00 bits per heavy atom. The van der Waals surface area contributed by atoms with E-state index in [9.17, 15) is 8.42 Å². The fraction of sp³-hybridized carbons (Fsp3) is 0.750. The molecule has 1 aromatic heterocycles.